The number of amides is 2. The van der Waals surface area contributed by atoms with Crippen LogP contribution in [0.1, 0.15) is 26.3 Å². The van der Waals surface area contributed by atoms with E-state index in [0.717, 1.165) is 12.1 Å². The van der Waals surface area contributed by atoms with Crippen LogP contribution in [-0.2, 0) is 6.18 Å². The number of hydrogen-bond donors (Lipinski definition) is 0. The third-order valence-electron chi connectivity index (χ3n) is 2.17. The van der Waals surface area contributed by atoms with Crippen LogP contribution in [0.2, 0.25) is 0 Å². The molecule has 0 unspecified atom stereocenters. The van der Waals surface area contributed by atoms with Crippen molar-refractivity contribution >= 4 is 34.7 Å². The molecule has 0 bridgehead atoms. The summed E-state index contributed by atoms with van der Waals surface area (Å²) in [4.78, 5) is 22.9. The zero-order valence-electron chi connectivity index (χ0n) is 7.51. The maximum Gasteiger partial charge on any atom is 0.417 e. The lowest BCUT2D eigenvalue weighted by Gasteiger charge is -2.09. The molecule has 1 aromatic rings. The lowest BCUT2D eigenvalue weighted by atomic mass is 10.0. The Balaban J connectivity index is 2.72. The van der Waals surface area contributed by atoms with Gasteiger partial charge in [-0.25, -0.2) is 3.11 Å². The van der Waals surface area contributed by atoms with Crippen molar-refractivity contribution in [2.75, 3.05) is 0 Å². The van der Waals surface area contributed by atoms with Crippen LogP contribution in [0, 0.1) is 0 Å². The van der Waals surface area contributed by atoms with Crippen molar-refractivity contribution in [1.82, 2.24) is 3.11 Å². The quantitative estimate of drug-likeness (QED) is 0.413. The third-order valence-corrected chi connectivity index (χ3v) is 3.05. The first-order valence-electron chi connectivity index (χ1n) is 4.09. The van der Waals surface area contributed by atoms with Crippen LogP contribution in [0.3, 0.4) is 0 Å². The summed E-state index contributed by atoms with van der Waals surface area (Å²) in [6, 6.07) is 3.12. The van der Waals surface area contributed by atoms with Crippen molar-refractivity contribution in [2.45, 2.75) is 6.18 Å². The van der Waals surface area contributed by atoms with E-state index in [1.54, 1.807) is 0 Å². The first-order valence-corrected chi connectivity index (χ1v) is 5.05. The average molecular weight is 341 g/mol. The summed E-state index contributed by atoms with van der Waals surface area (Å²) in [7, 11) is 0. The number of benzene rings is 1. The summed E-state index contributed by atoms with van der Waals surface area (Å²) >= 11 is 1.39. The van der Waals surface area contributed by atoms with Gasteiger partial charge in [0.05, 0.1) is 39.6 Å². The Morgan fingerprint density at radius 2 is 1.75 bits per heavy atom. The molecule has 1 aliphatic heterocycles. The molecular weight excluding hydrogens is 338 g/mol. The van der Waals surface area contributed by atoms with Crippen LogP contribution in [0.15, 0.2) is 18.2 Å². The molecule has 0 aromatic heterocycles. The van der Waals surface area contributed by atoms with Crippen LogP contribution in [0.25, 0.3) is 0 Å². The minimum absolute atomic E-state index is 0.200. The van der Waals surface area contributed by atoms with Crippen LogP contribution < -0.4 is 0 Å². The van der Waals surface area contributed by atoms with Gasteiger partial charge >= 0.3 is 6.18 Å². The maximum absolute atomic E-state index is 12.6. The summed E-state index contributed by atoms with van der Waals surface area (Å²) in [6.45, 7) is 0. The fourth-order valence-electron chi connectivity index (χ4n) is 1.49. The molecule has 1 aliphatic rings. The van der Waals surface area contributed by atoms with Crippen LogP contribution in [0.4, 0.5) is 13.2 Å². The fraction of sp³-hybridized carbons (Fsp3) is 0.111. The van der Waals surface area contributed by atoms with Gasteiger partial charge in [0.15, 0.2) is 0 Å². The van der Waals surface area contributed by atoms with E-state index in [4.69, 9.17) is 0 Å². The molecule has 84 valence electrons. The monoisotopic (exact) mass is 341 g/mol. The van der Waals surface area contributed by atoms with Gasteiger partial charge in [0.1, 0.15) is 0 Å². The lowest BCUT2D eigenvalue weighted by Crippen LogP contribution is -2.18. The molecule has 0 aliphatic carbocycles. The van der Waals surface area contributed by atoms with Gasteiger partial charge in [-0.15, -0.1) is 0 Å². The molecule has 3 nitrogen and oxygen atoms in total. The molecule has 0 atom stereocenters. The minimum Gasteiger partial charge on any atom is -0.268 e. The molecule has 7 heteroatoms. The van der Waals surface area contributed by atoms with Gasteiger partial charge in [-0.3, -0.25) is 9.59 Å². The van der Waals surface area contributed by atoms with E-state index in [-0.39, 0.29) is 5.56 Å². The van der Waals surface area contributed by atoms with E-state index in [9.17, 15) is 22.8 Å². The number of nitrogens with zero attached hydrogens (tertiary/aromatic N) is 1. The maximum atomic E-state index is 12.6. The summed E-state index contributed by atoms with van der Waals surface area (Å²) in [5.41, 5.74) is -1.83. The number of halogens is 4. The van der Waals surface area contributed by atoms with Crippen LogP contribution in [0.5, 0.6) is 0 Å². The lowest BCUT2D eigenvalue weighted by molar-refractivity contribution is -0.137. The molecule has 2 amide bonds. The Hall–Kier alpha value is -1.12. The standard InChI is InChI=1S/C9H3F3INO2/c10-9(11,12)5-3-1-2-4-6(5)8(16)14(13)7(4)15/h1-3H. The molecule has 0 fully saturated rings. The highest BCUT2D eigenvalue weighted by atomic mass is 127. The zero-order chi connectivity index (χ0) is 12.1. The molecule has 0 saturated carbocycles. The van der Waals surface area contributed by atoms with Crippen molar-refractivity contribution < 1.29 is 22.8 Å². The Bertz CT molecular complexity index is 498. The summed E-state index contributed by atoms with van der Waals surface area (Å²) < 4.78 is 38.4. The van der Waals surface area contributed by atoms with E-state index >= 15 is 0 Å². The summed E-state index contributed by atoms with van der Waals surface area (Å²) in [5.74, 6) is -1.64. The van der Waals surface area contributed by atoms with Gasteiger partial charge < -0.3 is 0 Å². The largest absolute Gasteiger partial charge is 0.417 e. The fourth-order valence-corrected chi connectivity index (χ4v) is 1.99. The van der Waals surface area contributed by atoms with Crippen molar-refractivity contribution in [3.63, 3.8) is 0 Å². The predicted octanol–water partition coefficient (Wildman–Crippen LogP) is 2.65. The van der Waals surface area contributed by atoms with E-state index in [2.05, 4.69) is 0 Å². The molecule has 0 N–H and O–H groups in total. The minimum atomic E-state index is -4.64. The number of alkyl halides is 3. The second-order valence-electron chi connectivity index (χ2n) is 3.12. The highest BCUT2D eigenvalue weighted by molar-refractivity contribution is 14.1. The van der Waals surface area contributed by atoms with Crippen LogP contribution in [-0.4, -0.2) is 14.9 Å². The van der Waals surface area contributed by atoms with Crippen molar-refractivity contribution in [3.05, 3.63) is 34.9 Å². The Morgan fingerprint density at radius 3 is 2.31 bits per heavy atom. The Labute approximate surface area is 102 Å². The van der Waals surface area contributed by atoms with Crippen LogP contribution >= 0.6 is 22.9 Å². The molecule has 0 saturated heterocycles. The average Bonchev–Trinajstić information content (AvgIpc) is 2.43. The van der Waals surface area contributed by atoms with E-state index in [1.807, 2.05) is 0 Å². The van der Waals surface area contributed by atoms with Crippen molar-refractivity contribution in [2.24, 2.45) is 0 Å². The molecular formula is C9H3F3INO2. The zero-order valence-corrected chi connectivity index (χ0v) is 9.67. The van der Waals surface area contributed by atoms with Gasteiger partial charge in [0.2, 0.25) is 0 Å². The number of fused-ring (bicyclic) bond motifs is 1. The molecule has 2 rings (SSSR count). The highest BCUT2D eigenvalue weighted by Crippen LogP contribution is 2.37. The number of carbonyl (C=O) groups excluding carboxylic acids is 2. The first kappa shape index (κ1) is 11.4. The molecule has 1 heterocycles. The van der Waals surface area contributed by atoms with E-state index in [0.29, 0.717) is 3.11 Å². The Morgan fingerprint density at radius 1 is 1.12 bits per heavy atom. The van der Waals surface area contributed by atoms with E-state index < -0.39 is 29.1 Å². The summed E-state index contributed by atoms with van der Waals surface area (Å²) in [5, 5.41) is 0. The SMILES string of the molecule is O=C1c2cccc(C(F)(F)F)c2C(=O)N1I. The number of carbonyl (C=O) groups is 2. The van der Waals surface area contributed by atoms with Crippen molar-refractivity contribution in [1.29, 1.82) is 0 Å². The topological polar surface area (TPSA) is 37.4 Å². The van der Waals surface area contributed by atoms with Gasteiger partial charge in [-0.2, -0.15) is 13.2 Å². The number of imide groups is 1. The second kappa shape index (κ2) is 3.44. The van der Waals surface area contributed by atoms with Gasteiger partial charge in [-0.05, 0) is 12.1 Å². The molecule has 0 radical (unpaired) electrons. The smallest absolute Gasteiger partial charge is 0.268 e. The molecule has 16 heavy (non-hydrogen) atoms. The van der Waals surface area contributed by atoms with Crippen molar-refractivity contribution in [3.8, 4) is 0 Å². The van der Waals surface area contributed by atoms with Gasteiger partial charge in [0, 0.05) is 0 Å². The third kappa shape index (κ3) is 1.49. The predicted molar refractivity (Wildman–Crippen MR) is 56.0 cm³/mol. The molecule has 0 spiro atoms. The first-order chi connectivity index (χ1) is 7.34. The number of hydrogen-bond acceptors (Lipinski definition) is 2. The van der Waals surface area contributed by atoms with Gasteiger partial charge in [-0.1, -0.05) is 6.07 Å². The highest BCUT2D eigenvalue weighted by Gasteiger charge is 2.43. The van der Waals surface area contributed by atoms with E-state index in [1.165, 1.54) is 28.9 Å². The number of rotatable bonds is 0. The molecule has 1 aromatic carbocycles. The Kier molecular flexibility index (Phi) is 2.44. The normalized spacial score (nSPS) is 15.6. The second-order valence-corrected chi connectivity index (χ2v) is 4.08. The van der Waals surface area contributed by atoms with Gasteiger partial charge in [0.25, 0.3) is 11.8 Å². The summed E-state index contributed by atoms with van der Waals surface area (Å²) in [6.07, 6.45) is -4.64.